The van der Waals surface area contributed by atoms with Crippen molar-refractivity contribution in [1.29, 1.82) is 0 Å². The van der Waals surface area contributed by atoms with E-state index in [1.54, 1.807) is 26.8 Å². The van der Waals surface area contributed by atoms with Gasteiger partial charge >= 0.3 is 7.60 Å². The van der Waals surface area contributed by atoms with Crippen LogP contribution in [0.15, 0.2) is 10.6 Å². The molecule has 5 nitrogen and oxygen atoms in total. The molecular weight excluding hydrogens is 217 g/mol. The molecule has 0 amide bonds. The summed E-state index contributed by atoms with van der Waals surface area (Å²) in [5.74, 6) is 0.560. The third kappa shape index (κ3) is 2.00. The topological polar surface area (TPSA) is 83.6 Å². The lowest BCUT2D eigenvalue weighted by molar-refractivity contribution is 0.302. The number of nitrogens with zero attached hydrogens (tertiary/aromatic N) is 1. The lowest BCUT2D eigenvalue weighted by Gasteiger charge is -2.29. The molecule has 2 N–H and O–H groups in total. The number of hydrogen-bond donors (Lipinski definition) is 2. The second-order valence-electron chi connectivity index (χ2n) is 3.61. The Balaban J connectivity index is 3.29. The summed E-state index contributed by atoms with van der Waals surface area (Å²) in [5, 5.41) is 2.53. The molecule has 0 radical (unpaired) electrons. The first kappa shape index (κ1) is 12.4. The first-order valence-electron chi connectivity index (χ1n) is 4.87. The predicted octanol–water partition coefficient (Wildman–Crippen LogP) is 2.18. The zero-order valence-electron chi connectivity index (χ0n) is 9.10. The Labute approximate surface area is 88.6 Å². The molecule has 0 fully saturated rings. The van der Waals surface area contributed by atoms with Crippen molar-refractivity contribution in [2.45, 2.75) is 38.8 Å². The monoisotopic (exact) mass is 233 g/mol. The molecule has 0 bridgehead atoms. The van der Waals surface area contributed by atoms with E-state index in [4.69, 9.17) is 4.52 Å². The highest BCUT2D eigenvalue weighted by Crippen LogP contribution is 2.60. The Hall–Kier alpha value is -0.640. The molecule has 6 heteroatoms. The summed E-state index contributed by atoms with van der Waals surface area (Å²) in [4.78, 5) is 18.8. The van der Waals surface area contributed by atoms with Crippen LogP contribution in [0.4, 0.5) is 0 Å². The zero-order chi connectivity index (χ0) is 11.7. The molecule has 1 aromatic heterocycles. The average Bonchev–Trinajstić information content (AvgIpc) is 2.53. The first-order valence-corrected chi connectivity index (χ1v) is 6.48. The van der Waals surface area contributed by atoms with Gasteiger partial charge in [0.15, 0.2) is 0 Å². The zero-order valence-corrected chi connectivity index (χ0v) is 9.99. The Kier molecular flexibility index (Phi) is 3.38. The van der Waals surface area contributed by atoms with E-state index in [1.165, 1.54) is 0 Å². The van der Waals surface area contributed by atoms with Crippen LogP contribution in [-0.4, -0.2) is 14.9 Å². The lowest BCUT2D eigenvalue weighted by atomic mass is 9.98. The highest BCUT2D eigenvalue weighted by Gasteiger charge is 2.47. The van der Waals surface area contributed by atoms with E-state index < -0.39 is 12.8 Å². The third-order valence-corrected chi connectivity index (χ3v) is 4.81. The highest BCUT2D eigenvalue weighted by molar-refractivity contribution is 7.53. The smallest absolute Gasteiger partial charge is 0.337 e. The minimum Gasteiger partial charge on any atom is -0.361 e. The fourth-order valence-corrected chi connectivity index (χ4v) is 2.99. The van der Waals surface area contributed by atoms with Crippen molar-refractivity contribution in [2.75, 3.05) is 0 Å². The fourth-order valence-electron chi connectivity index (χ4n) is 1.76. The summed E-state index contributed by atoms with van der Waals surface area (Å²) in [7, 11) is -4.24. The van der Waals surface area contributed by atoms with E-state index in [-0.39, 0.29) is 0 Å². The van der Waals surface area contributed by atoms with Gasteiger partial charge in [-0.25, -0.2) is 0 Å². The van der Waals surface area contributed by atoms with Gasteiger partial charge in [0, 0.05) is 6.07 Å². The van der Waals surface area contributed by atoms with E-state index in [0.717, 1.165) is 0 Å². The normalized spacial score (nSPS) is 13.1. The predicted molar refractivity (Wildman–Crippen MR) is 55.5 cm³/mol. The minimum absolute atomic E-state index is 0.333. The van der Waals surface area contributed by atoms with Crippen LogP contribution in [0.2, 0.25) is 0 Å². The molecule has 0 aliphatic carbocycles. The summed E-state index contributed by atoms with van der Waals surface area (Å²) in [6.45, 7) is 5.19. The molecule has 0 aliphatic rings. The van der Waals surface area contributed by atoms with Crippen molar-refractivity contribution in [3.8, 4) is 0 Å². The fraction of sp³-hybridized carbons (Fsp3) is 0.667. The Morgan fingerprint density at radius 2 is 2.00 bits per heavy atom. The summed E-state index contributed by atoms with van der Waals surface area (Å²) >= 11 is 0. The van der Waals surface area contributed by atoms with Crippen LogP contribution in [0.25, 0.3) is 0 Å². The van der Waals surface area contributed by atoms with Crippen LogP contribution in [0, 0.1) is 6.92 Å². The number of hydrogen-bond acceptors (Lipinski definition) is 3. The van der Waals surface area contributed by atoms with Crippen molar-refractivity contribution in [2.24, 2.45) is 0 Å². The second kappa shape index (κ2) is 4.08. The van der Waals surface area contributed by atoms with Crippen molar-refractivity contribution in [3.05, 3.63) is 17.5 Å². The van der Waals surface area contributed by atoms with Crippen LogP contribution in [0.5, 0.6) is 0 Å². The van der Waals surface area contributed by atoms with Gasteiger partial charge in [0.1, 0.15) is 16.6 Å². The van der Waals surface area contributed by atoms with Crippen LogP contribution in [0.1, 0.15) is 38.1 Å². The van der Waals surface area contributed by atoms with Gasteiger partial charge in [-0.05, 0) is 19.8 Å². The largest absolute Gasteiger partial charge is 0.361 e. The maximum absolute atomic E-state index is 11.5. The Bertz CT molecular complexity index is 377. The minimum atomic E-state index is -4.24. The van der Waals surface area contributed by atoms with E-state index in [1.807, 2.05) is 0 Å². The Morgan fingerprint density at radius 1 is 1.47 bits per heavy atom. The van der Waals surface area contributed by atoms with Gasteiger partial charge < -0.3 is 14.3 Å². The molecule has 86 valence electrons. The van der Waals surface area contributed by atoms with Crippen LogP contribution >= 0.6 is 7.60 Å². The van der Waals surface area contributed by atoms with Gasteiger partial charge in [0.05, 0.1) is 0 Å². The average molecular weight is 233 g/mol. The molecule has 0 atom stereocenters. The number of aromatic nitrogens is 1. The molecule has 0 spiro atoms. The van der Waals surface area contributed by atoms with Gasteiger partial charge in [-0.2, -0.15) is 0 Å². The maximum atomic E-state index is 11.5. The molecular formula is C9H16NO4P. The lowest BCUT2D eigenvalue weighted by Crippen LogP contribution is -2.24. The van der Waals surface area contributed by atoms with Gasteiger partial charge in [-0.15, -0.1) is 0 Å². The summed E-state index contributed by atoms with van der Waals surface area (Å²) in [6.07, 6.45) is 0.666. The van der Waals surface area contributed by atoms with Gasteiger partial charge in [-0.1, -0.05) is 19.0 Å². The number of aryl methyl sites for hydroxylation is 1. The van der Waals surface area contributed by atoms with Crippen molar-refractivity contribution < 1.29 is 18.9 Å². The first-order chi connectivity index (χ1) is 6.87. The molecule has 1 heterocycles. The quantitative estimate of drug-likeness (QED) is 0.778. The highest BCUT2D eigenvalue weighted by atomic mass is 31.2. The van der Waals surface area contributed by atoms with Crippen molar-refractivity contribution in [3.63, 3.8) is 0 Å². The van der Waals surface area contributed by atoms with Crippen molar-refractivity contribution in [1.82, 2.24) is 5.16 Å². The van der Waals surface area contributed by atoms with Gasteiger partial charge in [-0.3, -0.25) is 4.57 Å². The van der Waals surface area contributed by atoms with Crippen molar-refractivity contribution >= 4 is 7.60 Å². The number of rotatable bonds is 4. The second-order valence-corrected chi connectivity index (χ2v) is 5.55. The molecule has 0 saturated carbocycles. The van der Waals surface area contributed by atoms with Gasteiger partial charge in [0.25, 0.3) is 0 Å². The molecule has 1 aromatic rings. The van der Waals surface area contributed by atoms with Crippen LogP contribution in [0.3, 0.4) is 0 Å². The maximum Gasteiger partial charge on any atom is 0.337 e. The summed E-state index contributed by atoms with van der Waals surface area (Å²) in [6, 6.07) is 1.59. The Morgan fingerprint density at radius 3 is 2.27 bits per heavy atom. The molecule has 1 rings (SSSR count). The molecule has 0 saturated heterocycles. The van der Waals surface area contributed by atoms with E-state index in [0.29, 0.717) is 24.3 Å². The summed E-state index contributed by atoms with van der Waals surface area (Å²) < 4.78 is 16.4. The molecule has 0 unspecified atom stereocenters. The molecule has 0 aromatic carbocycles. The van der Waals surface area contributed by atoms with E-state index >= 15 is 0 Å². The SMILES string of the molecule is CCC(CC)(c1cc(C)on1)P(=O)(O)O. The summed E-state index contributed by atoms with van der Waals surface area (Å²) in [5.41, 5.74) is 0.346. The standard InChI is InChI=1S/C9H16NO4P/c1-4-9(5-2,15(11,12)13)8-6-7(3)14-10-8/h6H,4-5H2,1-3H3,(H2,11,12,13). The third-order valence-electron chi connectivity index (χ3n) is 2.83. The molecule has 15 heavy (non-hydrogen) atoms. The van der Waals surface area contributed by atoms with Gasteiger partial charge in [0.2, 0.25) is 0 Å². The van der Waals surface area contributed by atoms with Crippen LogP contribution in [-0.2, 0) is 9.72 Å². The van der Waals surface area contributed by atoms with E-state index in [2.05, 4.69) is 5.16 Å². The van der Waals surface area contributed by atoms with E-state index in [9.17, 15) is 14.4 Å². The molecule has 0 aliphatic heterocycles. The van der Waals surface area contributed by atoms with Crippen LogP contribution < -0.4 is 0 Å².